The van der Waals surface area contributed by atoms with Crippen LogP contribution in [0.25, 0.3) is 0 Å². The molecule has 0 bridgehead atoms. The average molecular weight is 255 g/mol. The summed E-state index contributed by atoms with van der Waals surface area (Å²) in [6, 6.07) is 0. The maximum atomic E-state index is 5.95. The van der Waals surface area contributed by atoms with Crippen molar-refractivity contribution < 1.29 is 4.74 Å². The van der Waals surface area contributed by atoms with E-state index in [1.54, 1.807) is 11.3 Å². The van der Waals surface area contributed by atoms with Gasteiger partial charge in [-0.15, -0.1) is 10.2 Å². The van der Waals surface area contributed by atoms with Gasteiger partial charge in [-0.1, -0.05) is 31.1 Å². The van der Waals surface area contributed by atoms with Gasteiger partial charge in [0.1, 0.15) is 11.6 Å². The summed E-state index contributed by atoms with van der Waals surface area (Å²) in [5, 5.41) is 13.2. The zero-order chi connectivity index (χ0) is 12.1. The summed E-state index contributed by atoms with van der Waals surface area (Å²) >= 11 is 1.59. The van der Waals surface area contributed by atoms with Crippen LogP contribution in [-0.4, -0.2) is 22.8 Å². The molecular weight excluding hydrogens is 234 g/mol. The number of hydrogen-bond donors (Lipinski definition) is 1. The molecule has 1 heterocycles. The summed E-state index contributed by atoms with van der Waals surface area (Å²) in [6.07, 6.45) is 5.55. The van der Waals surface area contributed by atoms with E-state index < -0.39 is 0 Å². The molecule has 4 nitrogen and oxygen atoms in total. The normalized spacial score (nSPS) is 24.8. The van der Waals surface area contributed by atoms with Crippen molar-refractivity contribution >= 4 is 16.5 Å². The molecule has 2 unspecified atom stereocenters. The Balaban J connectivity index is 1.79. The van der Waals surface area contributed by atoms with Crippen LogP contribution in [-0.2, 0) is 11.3 Å². The van der Waals surface area contributed by atoms with E-state index >= 15 is 0 Å². The Morgan fingerprint density at radius 2 is 2.18 bits per heavy atom. The quantitative estimate of drug-likeness (QED) is 0.878. The van der Waals surface area contributed by atoms with Gasteiger partial charge in [0, 0.05) is 6.54 Å². The number of nitrogens with zero attached hydrogens (tertiary/aromatic N) is 2. The van der Waals surface area contributed by atoms with Gasteiger partial charge in [-0.05, 0) is 25.7 Å². The first-order chi connectivity index (χ1) is 8.29. The summed E-state index contributed by atoms with van der Waals surface area (Å²) in [5.74, 6) is 0.685. The smallest absolute Gasteiger partial charge is 0.205 e. The maximum absolute atomic E-state index is 5.95. The Kier molecular flexibility index (Phi) is 4.74. The molecule has 1 aliphatic carbocycles. The van der Waals surface area contributed by atoms with E-state index in [1.165, 1.54) is 25.7 Å². The summed E-state index contributed by atoms with van der Waals surface area (Å²) in [5.41, 5.74) is 0. The molecule has 2 atom stereocenters. The molecule has 0 spiro atoms. The molecule has 0 amide bonds. The second-order valence-corrected chi connectivity index (χ2v) is 5.70. The van der Waals surface area contributed by atoms with E-state index in [0.29, 0.717) is 18.6 Å². The Morgan fingerprint density at radius 3 is 2.94 bits per heavy atom. The summed E-state index contributed by atoms with van der Waals surface area (Å²) in [6.45, 7) is 5.84. The van der Waals surface area contributed by atoms with E-state index in [2.05, 4.69) is 29.4 Å². The van der Waals surface area contributed by atoms with Crippen LogP contribution in [0.5, 0.6) is 0 Å². The fourth-order valence-corrected chi connectivity index (χ4v) is 2.97. The molecule has 1 saturated carbocycles. The third-order valence-corrected chi connectivity index (χ3v) is 4.10. The number of anilines is 1. The third kappa shape index (κ3) is 3.64. The second-order valence-electron chi connectivity index (χ2n) is 4.64. The van der Waals surface area contributed by atoms with Crippen molar-refractivity contribution in [3.8, 4) is 0 Å². The van der Waals surface area contributed by atoms with E-state index in [4.69, 9.17) is 4.74 Å². The van der Waals surface area contributed by atoms with Crippen LogP contribution in [0, 0.1) is 5.92 Å². The highest BCUT2D eigenvalue weighted by Crippen LogP contribution is 2.27. The summed E-state index contributed by atoms with van der Waals surface area (Å²) < 4.78 is 5.95. The molecular formula is C12H21N3OS. The maximum Gasteiger partial charge on any atom is 0.205 e. The van der Waals surface area contributed by atoms with Crippen molar-refractivity contribution in [2.75, 3.05) is 11.9 Å². The molecule has 1 N–H and O–H groups in total. The van der Waals surface area contributed by atoms with Gasteiger partial charge in [0.2, 0.25) is 5.13 Å². The van der Waals surface area contributed by atoms with Crippen LogP contribution < -0.4 is 5.32 Å². The van der Waals surface area contributed by atoms with E-state index in [1.807, 2.05) is 0 Å². The fraction of sp³-hybridized carbons (Fsp3) is 0.833. The van der Waals surface area contributed by atoms with E-state index in [9.17, 15) is 0 Å². The molecule has 0 radical (unpaired) electrons. The lowest BCUT2D eigenvalue weighted by molar-refractivity contribution is -0.0157. The van der Waals surface area contributed by atoms with Gasteiger partial charge in [0.25, 0.3) is 0 Å². The van der Waals surface area contributed by atoms with Gasteiger partial charge in [-0.2, -0.15) is 0 Å². The van der Waals surface area contributed by atoms with Gasteiger partial charge >= 0.3 is 0 Å². The predicted octanol–water partition coefficient (Wildman–Crippen LogP) is 3.07. The zero-order valence-electron chi connectivity index (χ0n) is 10.6. The molecule has 1 aromatic heterocycles. The van der Waals surface area contributed by atoms with Gasteiger partial charge in [-0.3, -0.25) is 0 Å². The van der Waals surface area contributed by atoms with Gasteiger partial charge < -0.3 is 10.1 Å². The molecule has 0 aliphatic heterocycles. The van der Waals surface area contributed by atoms with E-state index in [0.717, 1.165) is 16.7 Å². The lowest BCUT2D eigenvalue weighted by Gasteiger charge is -2.28. The summed E-state index contributed by atoms with van der Waals surface area (Å²) in [7, 11) is 0. The van der Waals surface area contributed by atoms with Crippen molar-refractivity contribution in [3.63, 3.8) is 0 Å². The fourth-order valence-electron chi connectivity index (χ4n) is 2.24. The highest BCUT2D eigenvalue weighted by Gasteiger charge is 2.22. The molecule has 0 aromatic carbocycles. The van der Waals surface area contributed by atoms with Gasteiger partial charge in [-0.25, -0.2) is 0 Å². The molecule has 1 aliphatic rings. The summed E-state index contributed by atoms with van der Waals surface area (Å²) in [4.78, 5) is 0. The number of nitrogens with one attached hydrogen (secondary N) is 1. The van der Waals surface area contributed by atoms with Crippen LogP contribution in [0.15, 0.2) is 0 Å². The molecule has 2 rings (SSSR count). The standard InChI is InChI=1S/C12H21N3OS/c1-3-13-12-15-14-11(17-12)8-16-10-7-5-4-6-9(10)2/h9-10H,3-8H2,1-2H3,(H,13,15). The minimum atomic E-state index is 0.412. The molecule has 5 heteroatoms. The molecule has 17 heavy (non-hydrogen) atoms. The lowest BCUT2D eigenvalue weighted by Crippen LogP contribution is -2.25. The van der Waals surface area contributed by atoms with Crippen molar-refractivity contribution in [2.24, 2.45) is 5.92 Å². The minimum Gasteiger partial charge on any atom is -0.371 e. The number of ether oxygens (including phenoxy) is 1. The van der Waals surface area contributed by atoms with Crippen LogP contribution in [0.2, 0.25) is 0 Å². The SMILES string of the molecule is CCNc1nnc(COC2CCCCC2C)s1. The monoisotopic (exact) mass is 255 g/mol. The first-order valence-corrected chi connectivity index (χ1v) is 7.29. The molecule has 96 valence electrons. The zero-order valence-corrected chi connectivity index (χ0v) is 11.4. The Morgan fingerprint density at radius 1 is 1.35 bits per heavy atom. The minimum absolute atomic E-state index is 0.412. The van der Waals surface area contributed by atoms with E-state index in [-0.39, 0.29) is 0 Å². The van der Waals surface area contributed by atoms with Crippen molar-refractivity contribution in [1.82, 2.24) is 10.2 Å². The highest BCUT2D eigenvalue weighted by molar-refractivity contribution is 7.15. The lowest BCUT2D eigenvalue weighted by atomic mass is 9.88. The predicted molar refractivity (Wildman–Crippen MR) is 70.3 cm³/mol. The van der Waals surface area contributed by atoms with Crippen LogP contribution >= 0.6 is 11.3 Å². The Bertz CT molecular complexity index is 342. The van der Waals surface area contributed by atoms with Crippen molar-refractivity contribution in [3.05, 3.63) is 5.01 Å². The largest absolute Gasteiger partial charge is 0.371 e. The molecule has 1 aromatic rings. The van der Waals surface area contributed by atoms with Crippen LogP contribution in [0.1, 0.15) is 44.5 Å². The van der Waals surface area contributed by atoms with Crippen molar-refractivity contribution in [2.45, 2.75) is 52.2 Å². The second kappa shape index (κ2) is 6.31. The number of hydrogen-bond acceptors (Lipinski definition) is 5. The number of rotatable bonds is 5. The molecule has 0 saturated heterocycles. The topological polar surface area (TPSA) is 47.0 Å². The van der Waals surface area contributed by atoms with Gasteiger partial charge in [0.15, 0.2) is 0 Å². The third-order valence-electron chi connectivity index (χ3n) is 3.25. The Hall–Kier alpha value is -0.680. The average Bonchev–Trinajstić information content (AvgIpc) is 2.76. The van der Waals surface area contributed by atoms with Crippen molar-refractivity contribution in [1.29, 1.82) is 0 Å². The molecule has 1 fully saturated rings. The highest BCUT2D eigenvalue weighted by atomic mass is 32.1. The first kappa shape index (κ1) is 12.8. The van der Waals surface area contributed by atoms with Crippen LogP contribution in [0.3, 0.4) is 0 Å². The number of aromatic nitrogens is 2. The van der Waals surface area contributed by atoms with Crippen LogP contribution in [0.4, 0.5) is 5.13 Å². The first-order valence-electron chi connectivity index (χ1n) is 6.47. The van der Waals surface area contributed by atoms with Gasteiger partial charge in [0.05, 0.1) is 6.10 Å². The Labute approximate surface area is 107 Å².